The van der Waals surface area contributed by atoms with E-state index in [-0.39, 0.29) is 17.5 Å². The first-order valence-electron chi connectivity index (χ1n) is 7.53. The highest BCUT2D eigenvalue weighted by Gasteiger charge is 2.26. The molecule has 1 aromatic carbocycles. The van der Waals surface area contributed by atoms with E-state index in [2.05, 4.69) is 15.5 Å². The molecule has 5 nitrogen and oxygen atoms in total. The molecule has 1 aliphatic rings. The Labute approximate surface area is 142 Å². The summed E-state index contributed by atoms with van der Waals surface area (Å²) in [4.78, 5) is 14.3. The van der Waals surface area contributed by atoms with Crippen LogP contribution in [-0.4, -0.2) is 29.2 Å². The van der Waals surface area contributed by atoms with Crippen LogP contribution in [-0.2, 0) is 4.79 Å². The molecule has 1 saturated heterocycles. The number of nitrogens with one attached hydrogen (secondary N) is 1. The highest BCUT2D eigenvalue weighted by molar-refractivity contribution is 6.29. The summed E-state index contributed by atoms with van der Waals surface area (Å²) < 4.78 is 26.8. The predicted molar refractivity (Wildman–Crippen MR) is 87.0 cm³/mol. The monoisotopic (exact) mass is 352 g/mol. The molecular formula is C16H15ClF2N4O. The molecular weight excluding hydrogens is 338 g/mol. The summed E-state index contributed by atoms with van der Waals surface area (Å²) in [5, 5.41) is 10.6. The molecule has 8 heteroatoms. The maximum Gasteiger partial charge on any atom is 0.227 e. The number of rotatable bonds is 3. The van der Waals surface area contributed by atoms with Crippen molar-refractivity contribution in [3.8, 4) is 0 Å². The van der Waals surface area contributed by atoms with E-state index in [4.69, 9.17) is 11.6 Å². The van der Waals surface area contributed by atoms with Crippen LogP contribution >= 0.6 is 11.6 Å². The van der Waals surface area contributed by atoms with Gasteiger partial charge in [0, 0.05) is 25.1 Å². The van der Waals surface area contributed by atoms with E-state index < -0.39 is 11.6 Å². The molecule has 0 unspecified atom stereocenters. The van der Waals surface area contributed by atoms with Crippen molar-refractivity contribution in [2.75, 3.05) is 23.3 Å². The number of carbonyl (C=O) groups is 1. The van der Waals surface area contributed by atoms with Crippen molar-refractivity contribution in [3.05, 3.63) is 47.1 Å². The van der Waals surface area contributed by atoms with E-state index in [9.17, 15) is 13.6 Å². The second-order valence-corrected chi connectivity index (χ2v) is 5.98. The highest BCUT2D eigenvalue weighted by atomic mass is 35.5. The highest BCUT2D eigenvalue weighted by Crippen LogP contribution is 2.24. The topological polar surface area (TPSA) is 58.1 Å². The summed E-state index contributed by atoms with van der Waals surface area (Å²) in [6.45, 7) is 1.25. The van der Waals surface area contributed by atoms with Gasteiger partial charge in [-0.3, -0.25) is 4.79 Å². The number of amides is 1. The van der Waals surface area contributed by atoms with Gasteiger partial charge < -0.3 is 10.2 Å². The average molecular weight is 353 g/mol. The number of anilines is 2. The molecule has 1 amide bonds. The largest absolute Gasteiger partial charge is 0.355 e. The van der Waals surface area contributed by atoms with Gasteiger partial charge in [0.1, 0.15) is 11.6 Å². The Balaban J connectivity index is 1.59. The molecule has 0 saturated carbocycles. The van der Waals surface area contributed by atoms with Crippen LogP contribution in [0.2, 0.25) is 5.15 Å². The van der Waals surface area contributed by atoms with Crippen molar-refractivity contribution in [2.45, 2.75) is 12.8 Å². The van der Waals surface area contributed by atoms with Crippen LogP contribution in [0.25, 0.3) is 0 Å². The van der Waals surface area contributed by atoms with Crippen molar-refractivity contribution in [1.82, 2.24) is 10.2 Å². The van der Waals surface area contributed by atoms with Crippen LogP contribution in [0.5, 0.6) is 0 Å². The van der Waals surface area contributed by atoms with Gasteiger partial charge in [-0.05, 0) is 37.1 Å². The lowest BCUT2D eigenvalue weighted by atomic mass is 9.96. The van der Waals surface area contributed by atoms with Gasteiger partial charge >= 0.3 is 0 Å². The first-order chi connectivity index (χ1) is 11.5. The Morgan fingerprint density at radius 3 is 2.58 bits per heavy atom. The van der Waals surface area contributed by atoms with Crippen LogP contribution in [0.3, 0.4) is 0 Å². The van der Waals surface area contributed by atoms with Gasteiger partial charge in [0.2, 0.25) is 5.91 Å². The molecule has 1 aliphatic heterocycles. The van der Waals surface area contributed by atoms with Crippen molar-refractivity contribution < 1.29 is 13.6 Å². The smallest absolute Gasteiger partial charge is 0.227 e. The molecule has 0 spiro atoms. The molecule has 0 aliphatic carbocycles. The molecule has 0 atom stereocenters. The fourth-order valence-electron chi connectivity index (χ4n) is 2.68. The third kappa shape index (κ3) is 3.79. The summed E-state index contributed by atoms with van der Waals surface area (Å²) in [5.74, 6) is -1.11. The third-order valence-electron chi connectivity index (χ3n) is 3.99. The lowest BCUT2D eigenvalue weighted by molar-refractivity contribution is -0.120. The van der Waals surface area contributed by atoms with Crippen molar-refractivity contribution in [2.24, 2.45) is 5.92 Å². The molecule has 1 fully saturated rings. The fraction of sp³-hybridized carbons (Fsp3) is 0.312. The minimum atomic E-state index is -0.654. The number of halogens is 3. The van der Waals surface area contributed by atoms with Gasteiger partial charge in [-0.15, -0.1) is 10.2 Å². The average Bonchev–Trinajstić information content (AvgIpc) is 2.59. The summed E-state index contributed by atoms with van der Waals surface area (Å²) in [7, 11) is 0. The number of hydrogen-bond acceptors (Lipinski definition) is 4. The van der Waals surface area contributed by atoms with Gasteiger partial charge in [-0.25, -0.2) is 8.78 Å². The summed E-state index contributed by atoms with van der Waals surface area (Å²) in [5.41, 5.74) is -0.133. The van der Waals surface area contributed by atoms with E-state index >= 15 is 0 Å². The lowest BCUT2D eigenvalue weighted by Gasteiger charge is -2.31. The van der Waals surface area contributed by atoms with E-state index in [1.807, 2.05) is 4.90 Å². The van der Waals surface area contributed by atoms with Crippen LogP contribution in [0, 0.1) is 17.6 Å². The van der Waals surface area contributed by atoms with Gasteiger partial charge in [-0.2, -0.15) is 0 Å². The Morgan fingerprint density at radius 1 is 1.17 bits per heavy atom. The fourth-order valence-corrected chi connectivity index (χ4v) is 2.78. The number of aromatic nitrogens is 2. The lowest BCUT2D eigenvalue weighted by Crippen LogP contribution is -2.38. The van der Waals surface area contributed by atoms with Gasteiger partial charge in [-0.1, -0.05) is 11.6 Å². The minimum absolute atomic E-state index is 0.133. The second-order valence-electron chi connectivity index (χ2n) is 5.59. The molecule has 2 aromatic rings. The molecule has 1 N–H and O–H groups in total. The third-order valence-corrected chi connectivity index (χ3v) is 4.20. The molecule has 0 bridgehead atoms. The molecule has 24 heavy (non-hydrogen) atoms. The number of carbonyl (C=O) groups excluding carboxylic acids is 1. The zero-order valence-corrected chi connectivity index (χ0v) is 13.4. The van der Waals surface area contributed by atoms with Gasteiger partial charge in [0.25, 0.3) is 0 Å². The summed E-state index contributed by atoms with van der Waals surface area (Å²) in [6.07, 6.45) is 1.18. The molecule has 1 aromatic heterocycles. The second kappa shape index (κ2) is 7.09. The molecule has 0 radical (unpaired) electrons. The van der Waals surface area contributed by atoms with Gasteiger partial charge in [0.15, 0.2) is 11.0 Å². The van der Waals surface area contributed by atoms with Crippen LogP contribution in [0.4, 0.5) is 20.3 Å². The van der Waals surface area contributed by atoms with Crippen molar-refractivity contribution >= 4 is 29.0 Å². The van der Waals surface area contributed by atoms with Crippen molar-refractivity contribution in [1.29, 1.82) is 0 Å². The Morgan fingerprint density at radius 2 is 1.92 bits per heavy atom. The number of benzene rings is 1. The van der Waals surface area contributed by atoms with Crippen LogP contribution < -0.4 is 10.2 Å². The van der Waals surface area contributed by atoms with E-state index in [1.165, 1.54) is 0 Å². The van der Waals surface area contributed by atoms with E-state index in [0.717, 1.165) is 18.2 Å². The van der Waals surface area contributed by atoms with Gasteiger partial charge in [0.05, 0.1) is 5.69 Å². The van der Waals surface area contributed by atoms with Crippen LogP contribution in [0.15, 0.2) is 30.3 Å². The zero-order chi connectivity index (χ0) is 17.1. The Hall–Kier alpha value is -2.28. The molecule has 3 rings (SSSR count). The number of hydrogen-bond donors (Lipinski definition) is 1. The Bertz CT molecular complexity index is 733. The normalized spacial score (nSPS) is 15.4. The van der Waals surface area contributed by atoms with Crippen molar-refractivity contribution in [3.63, 3.8) is 0 Å². The standard InChI is InChI=1S/C16H15ClF2N4O/c17-14-3-4-15(22-21-14)23-7-5-10(6-8-23)16(24)20-13-9-11(18)1-2-12(13)19/h1-4,9-10H,5-8H2,(H,20,24). The zero-order valence-electron chi connectivity index (χ0n) is 12.7. The van der Waals surface area contributed by atoms with Crippen LogP contribution in [0.1, 0.15) is 12.8 Å². The van der Waals surface area contributed by atoms with E-state index in [0.29, 0.717) is 36.9 Å². The molecule has 126 valence electrons. The Kier molecular flexibility index (Phi) is 4.89. The quantitative estimate of drug-likeness (QED) is 0.921. The molecule has 2 heterocycles. The SMILES string of the molecule is O=C(Nc1cc(F)ccc1F)C1CCN(c2ccc(Cl)nn2)CC1. The minimum Gasteiger partial charge on any atom is -0.355 e. The maximum absolute atomic E-state index is 13.6. The number of nitrogens with zero attached hydrogens (tertiary/aromatic N) is 3. The summed E-state index contributed by atoms with van der Waals surface area (Å²) in [6, 6.07) is 6.42. The first-order valence-corrected chi connectivity index (χ1v) is 7.91. The maximum atomic E-state index is 13.6. The first kappa shape index (κ1) is 16.6. The summed E-state index contributed by atoms with van der Waals surface area (Å²) >= 11 is 5.71. The van der Waals surface area contributed by atoms with E-state index in [1.54, 1.807) is 12.1 Å². The predicted octanol–water partition coefficient (Wildman–Crippen LogP) is 3.26. The number of piperidine rings is 1.